The highest BCUT2D eigenvalue weighted by atomic mass is 16.7. The summed E-state index contributed by atoms with van der Waals surface area (Å²) in [5.74, 6) is 0.877. The van der Waals surface area contributed by atoms with Crippen LogP contribution < -0.4 is 25.4 Å². The molecule has 0 radical (unpaired) electrons. The molecule has 4 rings (SSSR count). The molecular formula is C23H33N3O4. The van der Waals surface area contributed by atoms with Crippen LogP contribution in [0.25, 0.3) is 0 Å². The van der Waals surface area contributed by atoms with Gasteiger partial charge < -0.3 is 25.4 Å². The van der Waals surface area contributed by atoms with E-state index >= 15 is 0 Å². The third-order valence-electron chi connectivity index (χ3n) is 6.24. The number of hydrogen-bond donors (Lipinski definition) is 3. The van der Waals surface area contributed by atoms with Crippen molar-refractivity contribution in [1.82, 2.24) is 10.6 Å². The van der Waals surface area contributed by atoms with Gasteiger partial charge in [0, 0.05) is 43.6 Å². The van der Waals surface area contributed by atoms with Gasteiger partial charge in [0.25, 0.3) is 5.79 Å². The summed E-state index contributed by atoms with van der Waals surface area (Å²) in [5.41, 5.74) is 0.707. The van der Waals surface area contributed by atoms with Crippen molar-refractivity contribution >= 4 is 17.6 Å². The van der Waals surface area contributed by atoms with Crippen molar-refractivity contribution < 1.29 is 19.1 Å². The normalized spacial score (nSPS) is 20.0. The highest BCUT2D eigenvalue weighted by Crippen LogP contribution is 2.46. The second-order valence-electron chi connectivity index (χ2n) is 8.72. The molecule has 0 aromatic heterocycles. The summed E-state index contributed by atoms with van der Waals surface area (Å²) in [5, 5.41) is 8.78. The number of hydrogen-bond acceptors (Lipinski definition) is 4. The Hall–Kier alpha value is -2.44. The van der Waals surface area contributed by atoms with Gasteiger partial charge in [0.05, 0.1) is 0 Å². The number of carbonyl (C=O) groups excluding carboxylic acids is 2. The molecule has 3 aliphatic rings. The number of fused-ring (bicyclic) bond motifs is 1. The Labute approximate surface area is 178 Å². The molecule has 164 valence electrons. The van der Waals surface area contributed by atoms with E-state index in [-0.39, 0.29) is 11.9 Å². The van der Waals surface area contributed by atoms with Crippen LogP contribution in [0.4, 0.5) is 10.5 Å². The fraction of sp³-hybridized carbons (Fsp3) is 0.652. The zero-order valence-electron chi connectivity index (χ0n) is 17.6. The van der Waals surface area contributed by atoms with E-state index in [4.69, 9.17) is 9.47 Å². The maximum atomic E-state index is 12.3. The molecule has 1 aromatic carbocycles. The molecule has 3 amide bonds. The number of ether oxygens (including phenoxy) is 2. The van der Waals surface area contributed by atoms with Crippen LogP contribution in [0, 0.1) is 0 Å². The molecule has 7 heteroatoms. The lowest BCUT2D eigenvalue weighted by atomic mass is 9.94. The highest BCUT2D eigenvalue weighted by Gasteiger charge is 2.42. The molecular weight excluding hydrogens is 382 g/mol. The van der Waals surface area contributed by atoms with E-state index in [1.807, 2.05) is 18.2 Å². The summed E-state index contributed by atoms with van der Waals surface area (Å²) in [7, 11) is 0. The largest absolute Gasteiger partial charge is 0.448 e. The quantitative estimate of drug-likeness (QED) is 0.598. The molecule has 30 heavy (non-hydrogen) atoms. The van der Waals surface area contributed by atoms with E-state index < -0.39 is 5.79 Å². The maximum absolute atomic E-state index is 12.3. The average molecular weight is 416 g/mol. The number of carbonyl (C=O) groups is 2. The van der Waals surface area contributed by atoms with E-state index in [9.17, 15) is 9.59 Å². The number of benzene rings is 1. The van der Waals surface area contributed by atoms with Crippen LogP contribution in [0.5, 0.6) is 11.5 Å². The predicted molar refractivity (Wildman–Crippen MR) is 115 cm³/mol. The topological polar surface area (TPSA) is 88.7 Å². The van der Waals surface area contributed by atoms with E-state index in [2.05, 4.69) is 16.0 Å². The number of rotatable bonds is 6. The maximum Gasteiger partial charge on any atom is 0.315 e. The molecule has 2 aliphatic carbocycles. The Morgan fingerprint density at radius 3 is 2.50 bits per heavy atom. The molecule has 7 nitrogen and oxygen atoms in total. The van der Waals surface area contributed by atoms with Crippen LogP contribution >= 0.6 is 0 Å². The lowest BCUT2D eigenvalue weighted by Gasteiger charge is -2.31. The Bertz CT molecular complexity index is 755. The van der Waals surface area contributed by atoms with Gasteiger partial charge >= 0.3 is 6.03 Å². The summed E-state index contributed by atoms with van der Waals surface area (Å²) in [6, 6.07) is 5.71. The fourth-order valence-electron chi connectivity index (χ4n) is 4.62. The van der Waals surface area contributed by atoms with Gasteiger partial charge in [-0.1, -0.05) is 25.7 Å². The zero-order valence-corrected chi connectivity index (χ0v) is 17.6. The average Bonchev–Trinajstić information content (AvgIpc) is 3.09. The highest BCUT2D eigenvalue weighted by molar-refractivity contribution is 5.91. The van der Waals surface area contributed by atoms with Crippen molar-refractivity contribution in [2.75, 3.05) is 11.9 Å². The monoisotopic (exact) mass is 415 g/mol. The third-order valence-corrected chi connectivity index (χ3v) is 6.24. The number of amides is 3. The third kappa shape index (κ3) is 5.37. The smallest absolute Gasteiger partial charge is 0.315 e. The Morgan fingerprint density at radius 1 is 0.967 bits per heavy atom. The minimum absolute atomic E-state index is 0.0734. The van der Waals surface area contributed by atoms with E-state index in [1.54, 1.807) is 0 Å². The molecule has 0 unspecified atom stereocenters. The van der Waals surface area contributed by atoms with Gasteiger partial charge in [0.15, 0.2) is 11.5 Å². The summed E-state index contributed by atoms with van der Waals surface area (Å²) in [6.07, 6.45) is 12.0. The van der Waals surface area contributed by atoms with E-state index in [0.717, 1.165) is 44.3 Å². The summed E-state index contributed by atoms with van der Waals surface area (Å²) in [6.45, 7) is 0.482. The lowest BCUT2D eigenvalue weighted by Crippen LogP contribution is -2.43. The number of urea groups is 1. The first-order chi connectivity index (χ1) is 14.6. The second kappa shape index (κ2) is 9.58. The number of nitrogens with one attached hydrogen (secondary N) is 3. The SMILES string of the molecule is O=C(CCCNC(=O)NC1CCCCC1)Nc1ccc2c(c1)OC1(CCCCC1)O2. The van der Waals surface area contributed by atoms with Gasteiger partial charge in [0.2, 0.25) is 5.91 Å². The van der Waals surface area contributed by atoms with Crippen molar-refractivity contribution in [2.45, 2.75) is 88.9 Å². The second-order valence-corrected chi connectivity index (χ2v) is 8.72. The minimum Gasteiger partial charge on any atom is -0.448 e. The van der Waals surface area contributed by atoms with Crippen LogP contribution in [0.2, 0.25) is 0 Å². The van der Waals surface area contributed by atoms with Crippen LogP contribution in [0.3, 0.4) is 0 Å². The molecule has 1 aromatic rings. The minimum atomic E-state index is -0.507. The van der Waals surface area contributed by atoms with Gasteiger partial charge in [-0.05, 0) is 44.2 Å². The van der Waals surface area contributed by atoms with Crippen molar-refractivity contribution in [3.05, 3.63) is 18.2 Å². The van der Waals surface area contributed by atoms with Gasteiger partial charge in [0.1, 0.15) is 0 Å². The lowest BCUT2D eigenvalue weighted by molar-refractivity contribution is -0.116. The first-order valence-electron chi connectivity index (χ1n) is 11.5. The molecule has 2 saturated carbocycles. The van der Waals surface area contributed by atoms with Gasteiger partial charge in [-0.15, -0.1) is 0 Å². The fourth-order valence-corrected chi connectivity index (χ4v) is 4.62. The first-order valence-corrected chi connectivity index (χ1v) is 11.5. The molecule has 0 atom stereocenters. The van der Waals surface area contributed by atoms with Crippen LogP contribution in [0.15, 0.2) is 18.2 Å². The van der Waals surface area contributed by atoms with Crippen LogP contribution in [-0.2, 0) is 4.79 Å². The number of anilines is 1. The molecule has 0 saturated heterocycles. The molecule has 0 bridgehead atoms. The summed E-state index contributed by atoms with van der Waals surface area (Å²) < 4.78 is 12.2. The van der Waals surface area contributed by atoms with E-state index in [1.165, 1.54) is 25.7 Å². The van der Waals surface area contributed by atoms with Crippen molar-refractivity contribution in [3.63, 3.8) is 0 Å². The van der Waals surface area contributed by atoms with Gasteiger partial charge in [-0.25, -0.2) is 4.79 Å². The molecule has 1 spiro atoms. The summed E-state index contributed by atoms with van der Waals surface area (Å²) in [4.78, 5) is 24.2. The zero-order chi connectivity index (χ0) is 20.8. The van der Waals surface area contributed by atoms with Crippen molar-refractivity contribution in [2.24, 2.45) is 0 Å². The Balaban J connectivity index is 1.16. The molecule has 1 aliphatic heterocycles. The van der Waals surface area contributed by atoms with Crippen molar-refractivity contribution in [1.29, 1.82) is 0 Å². The van der Waals surface area contributed by atoms with Crippen LogP contribution in [-0.4, -0.2) is 30.3 Å². The summed E-state index contributed by atoms with van der Waals surface area (Å²) >= 11 is 0. The molecule has 1 heterocycles. The van der Waals surface area contributed by atoms with Gasteiger partial charge in [-0.2, -0.15) is 0 Å². The van der Waals surface area contributed by atoms with Crippen LogP contribution in [0.1, 0.15) is 77.0 Å². The first kappa shape index (κ1) is 20.8. The standard InChI is InChI=1S/C23H33N3O4/c27-21(10-7-15-24-22(28)26-17-8-3-1-4-9-17)25-18-11-12-19-20(16-18)30-23(29-19)13-5-2-6-14-23/h11-12,16-17H,1-10,13-15H2,(H,25,27)(H2,24,26,28). The molecule has 2 fully saturated rings. The van der Waals surface area contributed by atoms with Gasteiger partial charge in [-0.3, -0.25) is 4.79 Å². The Kier molecular flexibility index (Phi) is 6.65. The van der Waals surface area contributed by atoms with Crippen molar-refractivity contribution in [3.8, 4) is 11.5 Å². The molecule has 3 N–H and O–H groups in total. The Morgan fingerprint density at radius 2 is 1.70 bits per heavy atom. The predicted octanol–water partition coefficient (Wildman–Crippen LogP) is 4.47. The van der Waals surface area contributed by atoms with E-state index in [0.29, 0.717) is 36.9 Å².